The third-order valence-corrected chi connectivity index (χ3v) is 1.81. The maximum atomic E-state index is 11.5. The van der Waals surface area contributed by atoms with Crippen LogP contribution in [-0.4, -0.2) is 30.9 Å². The van der Waals surface area contributed by atoms with Crippen molar-refractivity contribution in [3.8, 4) is 5.75 Å². The molecular weight excluding hydrogens is 196 g/mol. The number of carbonyl (C=O) groups is 1. The fourth-order valence-corrected chi connectivity index (χ4v) is 1.12. The first kappa shape index (κ1) is 11.5. The molecule has 82 valence electrons. The van der Waals surface area contributed by atoms with E-state index >= 15 is 0 Å². The van der Waals surface area contributed by atoms with Gasteiger partial charge in [0, 0.05) is 7.11 Å². The lowest BCUT2D eigenvalue weighted by Gasteiger charge is -2.11. The second kappa shape index (κ2) is 5.36. The van der Waals surface area contributed by atoms with Crippen LogP contribution >= 0.6 is 0 Å². The van der Waals surface area contributed by atoms with Crippen LogP contribution in [0.4, 0.5) is 0 Å². The van der Waals surface area contributed by atoms with Crippen molar-refractivity contribution in [1.82, 2.24) is 0 Å². The smallest absolute Gasteiger partial charge is 0.338 e. The van der Waals surface area contributed by atoms with E-state index in [1.165, 1.54) is 24.3 Å². The number of aromatic hydroxyl groups is 1. The number of phenols is 1. The topological polar surface area (TPSA) is 55.8 Å². The van der Waals surface area contributed by atoms with E-state index in [0.29, 0.717) is 12.2 Å². The molecule has 0 saturated heterocycles. The molecule has 0 aliphatic rings. The fraction of sp³-hybridized carbons (Fsp3) is 0.364. The van der Waals surface area contributed by atoms with Gasteiger partial charge in [0.2, 0.25) is 0 Å². The summed E-state index contributed by atoms with van der Waals surface area (Å²) in [6.45, 7) is 2.12. The molecule has 4 heteroatoms. The van der Waals surface area contributed by atoms with Crippen molar-refractivity contribution in [2.24, 2.45) is 0 Å². The van der Waals surface area contributed by atoms with Crippen LogP contribution in [0.25, 0.3) is 0 Å². The summed E-state index contributed by atoms with van der Waals surface area (Å²) in [6.07, 6.45) is -0.281. The molecule has 0 aliphatic heterocycles. The minimum absolute atomic E-state index is 0.122. The molecule has 0 unspecified atom stereocenters. The molecule has 15 heavy (non-hydrogen) atoms. The first-order chi connectivity index (χ1) is 7.13. The molecule has 0 aromatic heterocycles. The molecule has 0 spiro atoms. The highest BCUT2D eigenvalue weighted by atomic mass is 16.6. The summed E-state index contributed by atoms with van der Waals surface area (Å²) >= 11 is 0. The molecule has 1 N–H and O–H groups in total. The van der Waals surface area contributed by atoms with Gasteiger partial charge in [-0.3, -0.25) is 0 Å². The van der Waals surface area contributed by atoms with Crippen LogP contribution in [0.2, 0.25) is 0 Å². The van der Waals surface area contributed by atoms with Gasteiger partial charge >= 0.3 is 5.97 Å². The van der Waals surface area contributed by atoms with Crippen LogP contribution in [0.15, 0.2) is 24.3 Å². The van der Waals surface area contributed by atoms with Crippen LogP contribution in [-0.2, 0) is 9.47 Å². The van der Waals surface area contributed by atoms with Crippen LogP contribution in [0.5, 0.6) is 5.75 Å². The van der Waals surface area contributed by atoms with Crippen molar-refractivity contribution >= 4 is 5.97 Å². The summed E-state index contributed by atoms with van der Waals surface area (Å²) in [7, 11) is 1.55. The lowest BCUT2D eigenvalue weighted by molar-refractivity contribution is 0.0120. The Hall–Kier alpha value is -1.55. The van der Waals surface area contributed by atoms with Gasteiger partial charge in [-0.15, -0.1) is 0 Å². The Labute approximate surface area is 88.4 Å². The third kappa shape index (κ3) is 3.59. The number of ether oxygens (including phenoxy) is 2. The zero-order chi connectivity index (χ0) is 11.3. The molecule has 1 aromatic rings. The van der Waals surface area contributed by atoms with Crippen molar-refractivity contribution in [1.29, 1.82) is 0 Å². The number of methoxy groups -OCH3 is 1. The van der Waals surface area contributed by atoms with E-state index in [0.717, 1.165) is 0 Å². The summed E-state index contributed by atoms with van der Waals surface area (Å²) in [5.74, 6) is -0.295. The van der Waals surface area contributed by atoms with Gasteiger partial charge in [0.15, 0.2) is 0 Å². The van der Waals surface area contributed by atoms with Crippen LogP contribution in [0.3, 0.4) is 0 Å². The van der Waals surface area contributed by atoms with Crippen molar-refractivity contribution in [2.75, 3.05) is 13.7 Å². The maximum Gasteiger partial charge on any atom is 0.338 e. The van der Waals surface area contributed by atoms with E-state index in [4.69, 9.17) is 14.6 Å². The maximum absolute atomic E-state index is 11.5. The highest BCUT2D eigenvalue weighted by Gasteiger charge is 2.11. The van der Waals surface area contributed by atoms with E-state index < -0.39 is 5.97 Å². The predicted octanol–water partition coefficient (Wildman–Crippen LogP) is 1.58. The zero-order valence-electron chi connectivity index (χ0n) is 8.77. The molecule has 1 rings (SSSR count). The molecule has 0 amide bonds. The lowest BCUT2D eigenvalue weighted by atomic mass is 10.2. The molecule has 1 atom stereocenters. The largest absolute Gasteiger partial charge is 0.508 e. The van der Waals surface area contributed by atoms with Gasteiger partial charge in [-0.1, -0.05) is 0 Å². The second-order valence-corrected chi connectivity index (χ2v) is 3.22. The molecule has 0 heterocycles. The lowest BCUT2D eigenvalue weighted by Crippen LogP contribution is -2.19. The van der Waals surface area contributed by atoms with Crippen molar-refractivity contribution in [2.45, 2.75) is 13.0 Å². The normalized spacial score (nSPS) is 12.1. The van der Waals surface area contributed by atoms with Gasteiger partial charge in [0.25, 0.3) is 0 Å². The van der Waals surface area contributed by atoms with Crippen molar-refractivity contribution in [3.63, 3.8) is 0 Å². The zero-order valence-corrected chi connectivity index (χ0v) is 8.77. The summed E-state index contributed by atoms with van der Waals surface area (Å²) in [4.78, 5) is 11.5. The van der Waals surface area contributed by atoms with E-state index in [1.54, 1.807) is 14.0 Å². The molecule has 0 aliphatic carbocycles. The van der Waals surface area contributed by atoms with Crippen molar-refractivity contribution < 1.29 is 19.4 Å². The Kier molecular flexibility index (Phi) is 4.12. The fourth-order valence-electron chi connectivity index (χ4n) is 1.12. The number of rotatable bonds is 4. The number of hydrogen-bond acceptors (Lipinski definition) is 4. The average Bonchev–Trinajstić information content (AvgIpc) is 2.18. The Bertz CT molecular complexity index is 318. The minimum Gasteiger partial charge on any atom is -0.508 e. The third-order valence-electron chi connectivity index (χ3n) is 1.81. The average molecular weight is 210 g/mol. The Morgan fingerprint density at radius 1 is 1.40 bits per heavy atom. The molecule has 0 bridgehead atoms. The van der Waals surface area contributed by atoms with Crippen molar-refractivity contribution in [3.05, 3.63) is 29.8 Å². The highest BCUT2D eigenvalue weighted by Crippen LogP contribution is 2.11. The first-order valence-corrected chi connectivity index (χ1v) is 4.62. The molecule has 0 radical (unpaired) electrons. The summed E-state index contributed by atoms with van der Waals surface area (Å²) in [6, 6.07) is 5.91. The molecule has 4 nitrogen and oxygen atoms in total. The Morgan fingerprint density at radius 3 is 2.53 bits per heavy atom. The van der Waals surface area contributed by atoms with Gasteiger partial charge < -0.3 is 14.6 Å². The molecular formula is C11H14O4. The van der Waals surface area contributed by atoms with Gasteiger partial charge in [0.05, 0.1) is 12.2 Å². The number of phenolic OH excluding ortho intramolecular Hbond substituents is 1. The van der Waals surface area contributed by atoms with Crippen LogP contribution in [0.1, 0.15) is 17.3 Å². The number of carbonyl (C=O) groups excluding carboxylic acids is 1. The Morgan fingerprint density at radius 2 is 2.00 bits per heavy atom. The van der Waals surface area contributed by atoms with E-state index in [1.807, 2.05) is 0 Å². The molecule has 0 saturated carbocycles. The summed E-state index contributed by atoms with van der Waals surface area (Å²) in [5.41, 5.74) is 0.413. The first-order valence-electron chi connectivity index (χ1n) is 4.62. The van der Waals surface area contributed by atoms with Crippen LogP contribution < -0.4 is 0 Å². The van der Waals surface area contributed by atoms with Gasteiger partial charge in [-0.05, 0) is 31.2 Å². The standard InChI is InChI=1S/C11H14O4/c1-8(7-14-2)15-11(13)9-3-5-10(12)6-4-9/h3-6,8,12H,7H2,1-2H3/t8-/m0/s1. The van der Waals surface area contributed by atoms with Gasteiger partial charge in [-0.2, -0.15) is 0 Å². The van der Waals surface area contributed by atoms with E-state index in [2.05, 4.69) is 0 Å². The summed E-state index contributed by atoms with van der Waals surface area (Å²) < 4.78 is 9.91. The highest BCUT2D eigenvalue weighted by molar-refractivity contribution is 5.89. The number of hydrogen-bond donors (Lipinski definition) is 1. The predicted molar refractivity (Wildman–Crippen MR) is 54.9 cm³/mol. The van der Waals surface area contributed by atoms with Gasteiger partial charge in [-0.25, -0.2) is 4.79 Å². The van der Waals surface area contributed by atoms with E-state index in [9.17, 15) is 4.79 Å². The van der Waals surface area contributed by atoms with Crippen LogP contribution in [0, 0.1) is 0 Å². The quantitative estimate of drug-likeness (QED) is 0.766. The number of esters is 1. The van der Waals surface area contributed by atoms with E-state index in [-0.39, 0.29) is 11.9 Å². The SMILES string of the molecule is COC[C@H](C)OC(=O)c1ccc(O)cc1. The minimum atomic E-state index is -0.417. The number of benzene rings is 1. The molecule has 1 aromatic carbocycles. The molecule has 0 fully saturated rings. The summed E-state index contributed by atoms with van der Waals surface area (Å²) in [5, 5.41) is 9.03. The second-order valence-electron chi connectivity index (χ2n) is 3.22. The van der Waals surface area contributed by atoms with Gasteiger partial charge in [0.1, 0.15) is 11.9 Å². The monoisotopic (exact) mass is 210 g/mol. The Balaban J connectivity index is 2.57.